The fourth-order valence-electron chi connectivity index (χ4n) is 2.59. The van der Waals surface area contributed by atoms with Crippen LogP contribution in [0, 0.1) is 0 Å². The lowest BCUT2D eigenvalue weighted by Gasteiger charge is -2.33. The van der Waals surface area contributed by atoms with Crippen LogP contribution in [0.1, 0.15) is 12.8 Å². The van der Waals surface area contributed by atoms with Gasteiger partial charge in [0.15, 0.2) is 5.82 Å². The zero-order valence-electron chi connectivity index (χ0n) is 11.7. The molecule has 0 bridgehead atoms. The molecular weight excluding hydrogens is 250 g/mol. The highest BCUT2D eigenvalue weighted by molar-refractivity contribution is 5.58. The minimum atomic E-state index is 0.547. The number of rotatable bonds is 3. The van der Waals surface area contributed by atoms with Crippen molar-refractivity contribution in [1.29, 1.82) is 0 Å². The van der Waals surface area contributed by atoms with E-state index in [0.29, 0.717) is 6.04 Å². The number of piperidine rings is 1. The van der Waals surface area contributed by atoms with Crippen molar-refractivity contribution in [3.8, 4) is 11.3 Å². The summed E-state index contributed by atoms with van der Waals surface area (Å²) in [6, 6.07) is 8.52. The number of hydrogen-bond acceptors (Lipinski definition) is 5. The highest BCUT2D eigenvalue weighted by Crippen LogP contribution is 2.20. The fraction of sp³-hybridized carbons (Fsp3) is 0.400. The summed E-state index contributed by atoms with van der Waals surface area (Å²) >= 11 is 0. The Hall–Kier alpha value is -2.01. The molecule has 3 rings (SSSR count). The van der Waals surface area contributed by atoms with Gasteiger partial charge in [0.05, 0.1) is 5.69 Å². The van der Waals surface area contributed by atoms with Gasteiger partial charge < -0.3 is 10.2 Å². The number of aromatic nitrogens is 3. The fourth-order valence-corrected chi connectivity index (χ4v) is 2.59. The van der Waals surface area contributed by atoms with Gasteiger partial charge in [0.2, 0.25) is 0 Å². The molecule has 0 saturated carbocycles. The zero-order chi connectivity index (χ0) is 13.8. The van der Waals surface area contributed by atoms with E-state index in [0.717, 1.165) is 30.2 Å². The smallest absolute Gasteiger partial charge is 0.151 e. The highest BCUT2D eigenvalue weighted by Gasteiger charge is 2.19. The maximum Gasteiger partial charge on any atom is 0.151 e. The van der Waals surface area contributed by atoms with Crippen molar-refractivity contribution in [3.63, 3.8) is 0 Å². The second-order valence-corrected chi connectivity index (χ2v) is 5.09. The molecule has 1 atom stereocenters. The van der Waals surface area contributed by atoms with Crippen molar-refractivity contribution >= 4 is 5.82 Å². The predicted octanol–water partition coefficient (Wildman–Crippen LogP) is 1.73. The maximum atomic E-state index is 4.38. The highest BCUT2D eigenvalue weighted by atomic mass is 15.3. The summed E-state index contributed by atoms with van der Waals surface area (Å²) in [4.78, 5) is 6.32. The predicted molar refractivity (Wildman–Crippen MR) is 79.6 cm³/mol. The summed E-state index contributed by atoms with van der Waals surface area (Å²) in [5.41, 5.74) is 1.93. The van der Waals surface area contributed by atoms with Crippen LogP contribution in [0.25, 0.3) is 11.3 Å². The van der Waals surface area contributed by atoms with Crippen LogP contribution in [-0.2, 0) is 0 Å². The Balaban J connectivity index is 1.76. The van der Waals surface area contributed by atoms with Crippen molar-refractivity contribution in [2.45, 2.75) is 18.9 Å². The molecule has 2 aromatic rings. The molecule has 1 N–H and O–H groups in total. The third kappa shape index (κ3) is 2.77. The minimum absolute atomic E-state index is 0.547. The van der Waals surface area contributed by atoms with E-state index in [9.17, 15) is 0 Å². The summed E-state index contributed by atoms with van der Waals surface area (Å²) in [5.74, 6) is 0.961. The Labute approximate surface area is 119 Å². The molecule has 0 aromatic carbocycles. The molecule has 20 heavy (non-hydrogen) atoms. The van der Waals surface area contributed by atoms with Gasteiger partial charge in [-0.05, 0) is 44.2 Å². The summed E-state index contributed by atoms with van der Waals surface area (Å²) in [5, 5.41) is 12.1. The topological polar surface area (TPSA) is 53.9 Å². The Morgan fingerprint density at radius 1 is 1.15 bits per heavy atom. The molecule has 5 heteroatoms. The number of hydrogen-bond donors (Lipinski definition) is 1. The average molecular weight is 269 g/mol. The van der Waals surface area contributed by atoms with Crippen LogP contribution in [0.5, 0.6) is 0 Å². The summed E-state index contributed by atoms with van der Waals surface area (Å²) in [6.07, 6.45) is 5.97. The van der Waals surface area contributed by atoms with E-state index in [2.05, 4.69) is 31.5 Å². The molecular formula is C15H19N5. The van der Waals surface area contributed by atoms with E-state index >= 15 is 0 Å². The van der Waals surface area contributed by atoms with Crippen LogP contribution in [0.2, 0.25) is 0 Å². The first-order valence-corrected chi connectivity index (χ1v) is 7.03. The second-order valence-electron chi connectivity index (χ2n) is 5.09. The third-order valence-corrected chi connectivity index (χ3v) is 3.78. The lowest BCUT2D eigenvalue weighted by atomic mass is 10.1. The molecule has 1 aliphatic rings. The van der Waals surface area contributed by atoms with Crippen LogP contribution in [-0.4, -0.2) is 41.4 Å². The summed E-state index contributed by atoms with van der Waals surface area (Å²) in [6.45, 7) is 2.06. The third-order valence-electron chi connectivity index (χ3n) is 3.78. The van der Waals surface area contributed by atoms with Gasteiger partial charge in [-0.1, -0.05) is 0 Å². The first-order chi connectivity index (χ1) is 9.86. The van der Waals surface area contributed by atoms with E-state index in [1.54, 1.807) is 12.4 Å². The van der Waals surface area contributed by atoms with Crippen LogP contribution in [0.15, 0.2) is 36.7 Å². The van der Waals surface area contributed by atoms with E-state index in [1.165, 1.54) is 12.8 Å². The van der Waals surface area contributed by atoms with Crippen molar-refractivity contribution in [3.05, 3.63) is 36.7 Å². The number of anilines is 1. The van der Waals surface area contributed by atoms with E-state index in [1.807, 2.05) is 25.2 Å². The van der Waals surface area contributed by atoms with E-state index < -0.39 is 0 Å². The molecule has 0 spiro atoms. The molecule has 1 saturated heterocycles. The monoisotopic (exact) mass is 269 g/mol. The number of likely N-dealkylation sites (N-methyl/N-ethyl adjacent to an activating group) is 1. The van der Waals surface area contributed by atoms with Gasteiger partial charge in [-0.3, -0.25) is 4.98 Å². The molecule has 1 aliphatic heterocycles. The van der Waals surface area contributed by atoms with Gasteiger partial charge in [-0.25, -0.2) is 0 Å². The van der Waals surface area contributed by atoms with Crippen molar-refractivity contribution in [2.75, 3.05) is 25.0 Å². The second kappa shape index (κ2) is 5.96. The molecule has 0 radical (unpaired) electrons. The molecule has 0 amide bonds. The van der Waals surface area contributed by atoms with Gasteiger partial charge >= 0.3 is 0 Å². The van der Waals surface area contributed by atoms with E-state index in [-0.39, 0.29) is 0 Å². The van der Waals surface area contributed by atoms with Crippen molar-refractivity contribution in [1.82, 2.24) is 20.5 Å². The van der Waals surface area contributed by atoms with Gasteiger partial charge in [0, 0.05) is 37.1 Å². The first kappa shape index (κ1) is 13.0. The normalized spacial score (nSPS) is 19.1. The van der Waals surface area contributed by atoms with Crippen molar-refractivity contribution < 1.29 is 0 Å². The van der Waals surface area contributed by atoms with Gasteiger partial charge in [-0.15, -0.1) is 10.2 Å². The molecule has 3 heterocycles. The summed E-state index contributed by atoms with van der Waals surface area (Å²) < 4.78 is 0. The lowest BCUT2D eigenvalue weighted by molar-refractivity contribution is 0.447. The molecule has 5 nitrogen and oxygen atoms in total. The zero-order valence-corrected chi connectivity index (χ0v) is 11.7. The Morgan fingerprint density at radius 3 is 2.70 bits per heavy atom. The van der Waals surface area contributed by atoms with Gasteiger partial charge in [0.25, 0.3) is 0 Å². The van der Waals surface area contributed by atoms with Crippen LogP contribution in [0.3, 0.4) is 0 Å². The van der Waals surface area contributed by atoms with E-state index in [4.69, 9.17) is 0 Å². The Kier molecular flexibility index (Phi) is 3.87. The standard InChI is InChI=1S/C15H19N5/c1-16-13-3-2-10-20(11-13)15-5-4-14(18-19-15)12-6-8-17-9-7-12/h4-9,13,16H,2-3,10-11H2,1H3. The largest absolute Gasteiger partial charge is 0.354 e. The molecule has 0 aliphatic carbocycles. The van der Waals surface area contributed by atoms with Gasteiger partial charge in [-0.2, -0.15) is 0 Å². The van der Waals surface area contributed by atoms with Gasteiger partial charge in [0.1, 0.15) is 0 Å². The number of pyridine rings is 1. The SMILES string of the molecule is CNC1CCCN(c2ccc(-c3ccncc3)nn2)C1. The first-order valence-electron chi connectivity index (χ1n) is 7.03. The molecule has 2 aromatic heterocycles. The maximum absolute atomic E-state index is 4.38. The Morgan fingerprint density at radius 2 is 2.00 bits per heavy atom. The number of nitrogens with one attached hydrogen (secondary N) is 1. The lowest BCUT2D eigenvalue weighted by Crippen LogP contribution is -2.44. The Bertz CT molecular complexity index is 540. The molecule has 1 fully saturated rings. The minimum Gasteiger partial charge on any atom is -0.354 e. The van der Waals surface area contributed by atoms with Crippen LogP contribution < -0.4 is 10.2 Å². The van der Waals surface area contributed by atoms with Crippen LogP contribution in [0.4, 0.5) is 5.82 Å². The number of nitrogens with zero attached hydrogens (tertiary/aromatic N) is 4. The quantitative estimate of drug-likeness (QED) is 0.919. The molecule has 1 unspecified atom stereocenters. The average Bonchev–Trinajstić information content (AvgIpc) is 2.56. The van der Waals surface area contributed by atoms with Crippen LogP contribution >= 0.6 is 0 Å². The molecule has 104 valence electrons. The van der Waals surface area contributed by atoms with Crippen molar-refractivity contribution in [2.24, 2.45) is 0 Å². The summed E-state index contributed by atoms with van der Waals surface area (Å²) in [7, 11) is 2.02.